The molecule has 1 fully saturated rings. The third-order valence-corrected chi connectivity index (χ3v) is 1.95. The third kappa shape index (κ3) is 4.06. The highest BCUT2D eigenvalue weighted by Crippen LogP contribution is 2.24. The Morgan fingerprint density at radius 3 is 2.69 bits per heavy atom. The molecule has 0 spiro atoms. The molecule has 0 saturated carbocycles. The first-order chi connectivity index (χ1) is 6.38. The van der Waals surface area contributed by atoms with Crippen molar-refractivity contribution in [1.29, 1.82) is 0 Å². The fourth-order valence-electron chi connectivity index (χ4n) is 1.13. The summed E-state index contributed by atoms with van der Waals surface area (Å²) in [6.45, 7) is 3.73. The highest BCUT2D eigenvalue weighted by Gasteiger charge is 2.36. The van der Waals surface area contributed by atoms with E-state index < -0.39 is 0 Å². The summed E-state index contributed by atoms with van der Waals surface area (Å²) >= 11 is 0. The molecule has 0 aromatic rings. The van der Waals surface area contributed by atoms with E-state index in [1.165, 1.54) is 0 Å². The molecule has 0 radical (unpaired) electrons. The van der Waals surface area contributed by atoms with Crippen LogP contribution in [-0.2, 0) is 4.74 Å². The maximum atomic E-state index is 8.68. The zero-order valence-electron chi connectivity index (χ0n) is 7.73. The largest absolute Gasteiger partial charge is 0.394 e. The topological polar surface area (TPSA) is 32.8 Å². The molecule has 2 atom stereocenters. The summed E-state index contributed by atoms with van der Waals surface area (Å²) < 4.78 is 5.16. The third-order valence-electron chi connectivity index (χ3n) is 1.95. The van der Waals surface area contributed by atoms with E-state index in [2.05, 4.69) is 18.7 Å². The van der Waals surface area contributed by atoms with Gasteiger partial charge in [-0.05, 0) is 12.8 Å². The molecule has 1 rings (SSSR count). The Hall–Kier alpha value is -0.860. The van der Waals surface area contributed by atoms with Crippen LogP contribution >= 0.6 is 0 Å². The summed E-state index contributed by atoms with van der Waals surface area (Å²) in [5, 5.41) is 8.68. The average Bonchev–Trinajstić information content (AvgIpc) is 2.90. The Morgan fingerprint density at radius 1 is 1.23 bits per heavy atom. The lowest BCUT2D eigenvalue weighted by Gasteiger charge is -1.84. The van der Waals surface area contributed by atoms with Gasteiger partial charge in [0, 0.05) is 0 Å². The van der Waals surface area contributed by atoms with Crippen LogP contribution in [0, 0.1) is 0 Å². The van der Waals surface area contributed by atoms with Gasteiger partial charge in [-0.3, -0.25) is 0 Å². The van der Waals surface area contributed by atoms with Crippen LogP contribution in [0.4, 0.5) is 0 Å². The molecule has 1 aliphatic rings. The summed E-state index contributed by atoms with van der Waals surface area (Å²) in [6, 6.07) is 0. The fourth-order valence-corrected chi connectivity index (χ4v) is 1.13. The van der Waals surface area contributed by atoms with Crippen LogP contribution in [0.1, 0.15) is 12.8 Å². The van der Waals surface area contributed by atoms with Gasteiger partial charge in [0.2, 0.25) is 0 Å². The maximum absolute atomic E-state index is 8.68. The van der Waals surface area contributed by atoms with Gasteiger partial charge < -0.3 is 9.84 Å². The summed E-state index contributed by atoms with van der Waals surface area (Å²) in [7, 11) is 0. The highest BCUT2D eigenvalue weighted by atomic mass is 16.6. The lowest BCUT2D eigenvalue weighted by atomic mass is 10.2. The first-order valence-corrected chi connectivity index (χ1v) is 4.57. The number of aliphatic hydroxyl groups is 1. The van der Waals surface area contributed by atoms with Gasteiger partial charge in [0.25, 0.3) is 0 Å². The van der Waals surface area contributed by atoms with E-state index in [1.54, 1.807) is 6.08 Å². The number of aliphatic hydroxyl groups excluding tert-OH is 1. The number of allylic oxidation sites excluding steroid dienone is 4. The number of hydrogen-bond acceptors (Lipinski definition) is 2. The predicted molar refractivity (Wildman–Crippen MR) is 53.5 cm³/mol. The Balaban J connectivity index is 1.99. The van der Waals surface area contributed by atoms with E-state index >= 15 is 0 Å². The van der Waals surface area contributed by atoms with Crippen LogP contribution in [0.2, 0.25) is 0 Å². The van der Waals surface area contributed by atoms with E-state index in [0.717, 1.165) is 12.8 Å². The van der Waals surface area contributed by atoms with Crippen molar-refractivity contribution in [2.75, 3.05) is 6.61 Å². The van der Waals surface area contributed by atoms with Crippen LogP contribution < -0.4 is 0 Å². The van der Waals surface area contributed by atoms with Gasteiger partial charge in [0.05, 0.1) is 12.7 Å². The van der Waals surface area contributed by atoms with Gasteiger partial charge in [0.15, 0.2) is 0 Å². The summed E-state index contributed by atoms with van der Waals surface area (Å²) in [4.78, 5) is 0. The molecule has 1 unspecified atom stereocenters. The van der Waals surface area contributed by atoms with Crippen molar-refractivity contribution in [3.05, 3.63) is 37.0 Å². The number of ether oxygens (including phenoxy) is 1. The van der Waals surface area contributed by atoms with E-state index in [4.69, 9.17) is 9.84 Å². The minimum atomic E-state index is 0.0911. The first-order valence-electron chi connectivity index (χ1n) is 4.57. The SMILES string of the molecule is C=C/C=C\C/C=C\CC1O[C@H]1CO. The number of hydrogen-bond donors (Lipinski definition) is 1. The Morgan fingerprint density at radius 2 is 2.08 bits per heavy atom. The van der Waals surface area contributed by atoms with Crippen molar-refractivity contribution in [2.45, 2.75) is 25.0 Å². The molecule has 0 amide bonds. The maximum Gasteiger partial charge on any atom is 0.107 e. The quantitative estimate of drug-likeness (QED) is 0.384. The minimum absolute atomic E-state index is 0.0911. The predicted octanol–water partition coefficient (Wildman–Crippen LogP) is 1.82. The molecule has 0 bridgehead atoms. The second-order valence-corrected chi connectivity index (χ2v) is 3.00. The molecule has 1 N–H and O–H groups in total. The van der Waals surface area contributed by atoms with Crippen molar-refractivity contribution in [2.24, 2.45) is 0 Å². The van der Waals surface area contributed by atoms with Crippen molar-refractivity contribution >= 4 is 0 Å². The fraction of sp³-hybridized carbons (Fsp3) is 0.455. The van der Waals surface area contributed by atoms with Gasteiger partial charge >= 0.3 is 0 Å². The van der Waals surface area contributed by atoms with Crippen LogP contribution in [0.3, 0.4) is 0 Å². The second kappa shape index (κ2) is 5.73. The normalized spacial score (nSPS) is 27.2. The lowest BCUT2D eigenvalue weighted by molar-refractivity contribution is 0.242. The van der Waals surface area contributed by atoms with Crippen molar-refractivity contribution in [3.8, 4) is 0 Å². The van der Waals surface area contributed by atoms with E-state index in [-0.39, 0.29) is 18.8 Å². The van der Waals surface area contributed by atoms with Gasteiger partial charge in [-0.15, -0.1) is 0 Å². The van der Waals surface area contributed by atoms with Crippen LogP contribution in [-0.4, -0.2) is 23.9 Å². The number of epoxide rings is 1. The van der Waals surface area contributed by atoms with E-state index in [9.17, 15) is 0 Å². The molecule has 1 saturated heterocycles. The van der Waals surface area contributed by atoms with E-state index in [1.807, 2.05) is 12.2 Å². The van der Waals surface area contributed by atoms with Crippen molar-refractivity contribution < 1.29 is 9.84 Å². The molecule has 0 aromatic carbocycles. The first kappa shape index (κ1) is 10.2. The lowest BCUT2D eigenvalue weighted by Crippen LogP contribution is -1.97. The minimum Gasteiger partial charge on any atom is -0.394 e. The zero-order valence-corrected chi connectivity index (χ0v) is 7.73. The van der Waals surface area contributed by atoms with Crippen LogP contribution in [0.15, 0.2) is 37.0 Å². The molecule has 0 aromatic heterocycles. The van der Waals surface area contributed by atoms with Crippen molar-refractivity contribution in [3.63, 3.8) is 0 Å². The summed E-state index contributed by atoms with van der Waals surface area (Å²) in [5.74, 6) is 0. The zero-order chi connectivity index (χ0) is 9.52. The van der Waals surface area contributed by atoms with Gasteiger partial charge in [0.1, 0.15) is 6.10 Å². The van der Waals surface area contributed by atoms with Gasteiger partial charge in [-0.2, -0.15) is 0 Å². The molecule has 1 aliphatic heterocycles. The van der Waals surface area contributed by atoms with Crippen molar-refractivity contribution in [1.82, 2.24) is 0 Å². The Bertz CT molecular complexity index is 206. The van der Waals surface area contributed by atoms with E-state index in [0.29, 0.717) is 0 Å². The molecule has 1 heterocycles. The molecule has 0 aliphatic carbocycles. The molecular weight excluding hydrogens is 164 g/mol. The van der Waals surface area contributed by atoms with Crippen LogP contribution in [0.25, 0.3) is 0 Å². The van der Waals surface area contributed by atoms with Gasteiger partial charge in [-0.25, -0.2) is 0 Å². The van der Waals surface area contributed by atoms with Gasteiger partial charge in [-0.1, -0.05) is 37.0 Å². The molecule has 72 valence electrons. The Kier molecular flexibility index (Phi) is 4.50. The summed E-state index contributed by atoms with van der Waals surface area (Å²) in [6.07, 6.45) is 12.1. The number of rotatable bonds is 6. The molecule has 2 heteroatoms. The molecule has 2 nitrogen and oxygen atoms in total. The Labute approximate surface area is 79.2 Å². The smallest absolute Gasteiger partial charge is 0.107 e. The summed E-state index contributed by atoms with van der Waals surface area (Å²) in [5.41, 5.74) is 0. The molecule has 13 heavy (non-hydrogen) atoms. The molecular formula is C11H16O2. The standard InChI is InChI=1S/C11H16O2/c1-2-3-4-5-6-7-8-10-11(9-12)13-10/h2-4,6-7,10-12H,1,5,8-9H2/b4-3-,7-6-/t10?,11-/m0/s1. The average molecular weight is 180 g/mol. The highest BCUT2D eigenvalue weighted by molar-refractivity contribution is 5.02. The second-order valence-electron chi connectivity index (χ2n) is 3.00. The monoisotopic (exact) mass is 180 g/mol. The van der Waals surface area contributed by atoms with Crippen LogP contribution in [0.5, 0.6) is 0 Å².